The number of benzene rings is 3. The van der Waals surface area contributed by atoms with Gasteiger partial charge in [-0.3, -0.25) is 9.59 Å². The molecule has 8 rings (SSSR count). The summed E-state index contributed by atoms with van der Waals surface area (Å²) in [5.41, 5.74) is 4.78. The number of fused-ring (bicyclic) bond motifs is 4. The van der Waals surface area contributed by atoms with Gasteiger partial charge in [-0.2, -0.15) is 8.78 Å². The van der Waals surface area contributed by atoms with Crippen LogP contribution >= 0.6 is 0 Å². The summed E-state index contributed by atoms with van der Waals surface area (Å²) in [6.45, 7) is 5.17. The Labute approximate surface area is 340 Å². The van der Waals surface area contributed by atoms with Gasteiger partial charge in [0, 0.05) is 30.4 Å². The van der Waals surface area contributed by atoms with Crippen molar-refractivity contribution in [1.82, 2.24) is 41.0 Å². The molecular weight excluding hydrogens is 763 g/mol. The number of methoxy groups -OCH3 is 2. The summed E-state index contributed by atoms with van der Waals surface area (Å²) in [6.07, 6.45) is 3.66. The van der Waals surface area contributed by atoms with Gasteiger partial charge in [-0.1, -0.05) is 50.6 Å². The second-order valence-corrected chi connectivity index (χ2v) is 16.1. The van der Waals surface area contributed by atoms with Crippen LogP contribution in [0.3, 0.4) is 0 Å². The van der Waals surface area contributed by atoms with Gasteiger partial charge in [-0.05, 0) is 82.7 Å². The number of halogens is 2. The van der Waals surface area contributed by atoms with Crippen molar-refractivity contribution in [3.8, 4) is 22.3 Å². The van der Waals surface area contributed by atoms with Crippen LogP contribution in [0.25, 0.3) is 39.0 Å². The van der Waals surface area contributed by atoms with E-state index in [1.165, 1.54) is 20.3 Å². The first-order valence-corrected chi connectivity index (χ1v) is 19.9. The van der Waals surface area contributed by atoms with Crippen molar-refractivity contribution < 1.29 is 37.4 Å². The number of ether oxygens (including phenoxy) is 2. The lowest BCUT2D eigenvalue weighted by atomic mass is 9.97. The Bertz CT molecular complexity index is 2360. The molecule has 14 nitrogen and oxygen atoms in total. The SMILES string of the molecule is CC[C@@H]1CCN(C(=O)CNC(=O)OC)[C@@H]1c1nc2ccc(-c3ccc4c(c3)C(F)(F)c3cc(C5=CNC(CN(CC6(C)CC6)C(=O)CNC(=O)OC)N5)ccc3-4)cc2[nH]1. The van der Waals surface area contributed by atoms with E-state index in [4.69, 9.17) is 4.98 Å². The first kappa shape index (κ1) is 39.6. The summed E-state index contributed by atoms with van der Waals surface area (Å²) in [5, 5.41) is 11.5. The van der Waals surface area contributed by atoms with Crippen molar-refractivity contribution >= 4 is 40.7 Å². The highest BCUT2D eigenvalue weighted by Gasteiger charge is 2.45. The van der Waals surface area contributed by atoms with Crippen LogP contribution in [0.4, 0.5) is 18.4 Å². The topological polar surface area (TPSA) is 170 Å². The second-order valence-electron chi connectivity index (χ2n) is 16.1. The molecule has 4 aliphatic rings. The van der Waals surface area contributed by atoms with Crippen LogP contribution in [0.15, 0.2) is 60.8 Å². The highest BCUT2D eigenvalue weighted by molar-refractivity contribution is 5.87. The molecule has 2 fully saturated rings. The zero-order valence-corrected chi connectivity index (χ0v) is 33.4. The average molecular weight is 811 g/mol. The van der Waals surface area contributed by atoms with Crippen LogP contribution < -0.4 is 21.3 Å². The highest BCUT2D eigenvalue weighted by atomic mass is 19.3. The van der Waals surface area contributed by atoms with Crippen molar-refractivity contribution in [1.29, 1.82) is 0 Å². The molecule has 4 aromatic rings. The number of carbonyl (C=O) groups excluding carboxylic acids is 4. The molecule has 2 aliphatic heterocycles. The van der Waals surface area contributed by atoms with Gasteiger partial charge in [-0.25, -0.2) is 14.6 Å². The maximum atomic E-state index is 16.5. The van der Waals surface area contributed by atoms with E-state index in [0.29, 0.717) is 58.9 Å². The Morgan fingerprint density at radius 3 is 2.24 bits per heavy atom. The molecule has 0 radical (unpaired) electrons. The number of hydrogen-bond donors (Lipinski definition) is 5. The lowest BCUT2D eigenvalue weighted by Gasteiger charge is -2.29. The largest absolute Gasteiger partial charge is 0.453 e. The van der Waals surface area contributed by atoms with Crippen LogP contribution in [0.2, 0.25) is 0 Å². The molecule has 1 unspecified atom stereocenters. The third-order valence-corrected chi connectivity index (χ3v) is 12.1. The van der Waals surface area contributed by atoms with Crippen molar-refractivity contribution in [2.24, 2.45) is 11.3 Å². The quantitative estimate of drug-likeness (QED) is 0.119. The summed E-state index contributed by atoms with van der Waals surface area (Å²) >= 11 is 0. The van der Waals surface area contributed by atoms with Crippen LogP contribution in [-0.4, -0.2) is 96.9 Å². The molecule has 3 heterocycles. The molecule has 3 atom stereocenters. The van der Waals surface area contributed by atoms with Crippen molar-refractivity contribution in [2.75, 3.05) is 46.9 Å². The number of rotatable bonds is 12. The Morgan fingerprint density at radius 2 is 1.56 bits per heavy atom. The van der Waals surface area contributed by atoms with E-state index in [9.17, 15) is 19.2 Å². The van der Waals surface area contributed by atoms with E-state index >= 15 is 8.78 Å². The number of carbonyl (C=O) groups is 4. The first-order valence-electron chi connectivity index (χ1n) is 19.9. The Hall–Kier alpha value is -6.19. The number of aromatic nitrogens is 2. The third-order valence-electron chi connectivity index (χ3n) is 12.1. The summed E-state index contributed by atoms with van der Waals surface area (Å²) in [4.78, 5) is 61.2. The van der Waals surface area contributed by atoms with Gasteiger partial charge < -0.3 is 45.5 Å². The minimum absolute atomic E-state index is 0.0256. The van der Waals surface area contributed by atoms with Gasteiger partial charge >= 0.3 is 12.2 Å². The number of aromatic amines is 1. The number of hydrogen-bond acceptors (Lipinski definition) is 9. The van der Waals surface area contributed by atoms with Gasteiger partial charge in [0.2, 0.25) is 11.8 Å². The summed E-state index contributed by atoms with van der Waals surface area (Å²) in [7, 11) is 2.48. The molecule has 3 aromatic carbocycles. The zero-order valence-electron chi connectivity index (χ0n) is 33.4. The number of alkyl carbamates (subject to hydrolysis) is 2. The smallest absolute Gasteiger partial charge is 0.407 e. The first-order chi connectivity index (χ1) is 28.3. The number of likely N-dealkylation sites (tertiary alicyclic amines) is 1. The predicted molar refractivity (Wildman–Crippen MR) is 216 cm³/mol. The number of nitrogens with zero attached hydrogens (tertiary/aromatic N) is 3. The normalized spacial score (nSPS) is 20.5. The molecule has 0 bridgehead atoms. The fourth-order valence-electron chi connectivity index (χ4n) is 8.53. The zero-order chi connectivity index (χ0) is 41.6. The fourth-order valence-corrected chi connectivity index (χ4v) is 8.53. The van der Waals surface area contributed by atoms with Crippen molar-refractivity contribution in [2.45, 2.75) is 57.7 Å². The summed E-state index contributed by atoms with van der Waals surface area (Å²) < 4.78 is 42.1. The van der Waals surface area contributed by atoms with Gasteiger partial charge in [0.1, 0.15) is 25.1 Å². The summed E-state index contributed by atoms with van der Waals surface area (Å²) in [6, 6.07) is 15.5. The van der Waals surface area contributed by atoms with Gasteiger partial charge in [-0.15, -0.1) is 0 Å². The Morgan fingerprint density at radius 1 is 0.915 bits per heavy atom. The van der Waals surface area contributed by atoms with Crippen LogP contribution in [0.1, 0.15) is 68.1 Å². The predicted octanol–water partition coefficient (Wildman–Crippen LogP) is 5.81. The monoisotopic (exact) mass is 810 g/mol. The molecule has 1 saturated carbocycles. The Kier molecular flexibility index (Phi) is 10.4. The number of amides is 4. The lowest BCUT2D eigenvalue weighted by molar-refractivity contribution is -0.132. The van der Waals surface area contributed by atoms with Crippen molar-refractivity contribution in [3.63, 3.8) is 0 Å². The van der Waals surface area contributed by atoms with Crippen molar-refractivity contribution in [3.05, 3.63) is 83.3 Å². The number of imidazole rings is 1. The maximum absolute atomic E-state index is 16.5. The van der Waals surface area contributed by atoms with E-state index < -0.39 is 18.1 Å². The van der Waals surface area contributed by atoms with Crippen LogP contribution in [-0.2, 0) is 25.0 Å². The number of alkyl halides is 2. The average Bonchev–Trinajstić information content (AvgIpc) is 3.65. The fraction of sp³-hybridized carbons (Fsp3) is 0.419. The van der Waals surface area contributed by atoms with E-state index in [2.05, 4.69) is 49.6 Å². The van der Waals surface area contributed by atoms with Gasteiger partial charge in [0.15, 0.2) is 0 Å². The molecule has 1 aromatic heterocycles. The molecule has 5 N–H and O–H groups in total. The summed E-state index contributed by atoms with van der Waals surface area (Å²) in [5.74, 6) is -2.94. The minimum Gasteiger partial charge on any atom is -0.453 e. The third kappa shape index (κ3) is 7.75. The molecule has 310 valence electrons. The standard InChI is InChI=1S/C43H48F2N8O6/c1-5-24-12-15-53(37(55)21-48-41(57)59-4)38(24)39-50-32-11-8-26(18-33(32)51-39)25-6-9-28-29-10-7-27(17-31(29)43(44,45)30(28)16-25)34-19-46-35(49-34)22-52(23-42(2)13-14-42)36(54)20-47-40(56)58-3/h6-11,16-19,24,35,38,46,49H,5,12-15,20-23H2,1-4H3,(H,47,56)(H,48,57)(H,50,51)/t24-,35?,38+/m1/s1. The Balaban J connectivity index is 0.980. The van der Waals surface area contributed by atoms with E-state index in [1.807, 2.05) is 30.3 Å². The molecule has 16 heteroatoms. The molecule has 4 amide bonds. The number of H-pyrrole nitrogens is 1. The molecule has 59 heavy (non-hydrogen) atoms. The maximum Gasteiger partial charge on any atom is 0.407 e. The van der Waals surface area contributed by atoms with E-state index in [1.54, 1.807) is 34.2 Å². The minimum atomic E-state index is -3.26. The van der Waals surface area contributed by atoms with E-state index in [-0.39, 0.29) is 59.6 Å². The highest BCUT2D eigenvalue weighted by Crippen LogP contribution is 2.52. The lowest BCUT2D eigenvalue weighted by Crippen LogP contribution is -2.50. The molecule has 0 spiro atoms. The number of nitrogens with one attached hydrogen (secondary N) is 5. The van der Waals surface area contributed by atoms with Gasteiger partial charge in [0.25, 0.3) is 5.92 Å². The van der Waals surface area contributed by atoms with Gasteiger partial charge in [0.05, 0.1) is 43.5 Å². The molecule has 1 saturated heterocycles. The molecule has 2 aliphatic carbocycles. The van der Waals surface area contributed by atoms with Crippen LogP contribution in [0, 0.1) is 11.3 Å². The molecular formula is C43H48F2N8O6. The second kappa shape index (κ2) is 15.5. The van der Waals surface area contributed by atoms with E-state index in [0.717, 1.165) is 36.8 Å². The van der Waals surface area contributed by atoms with Crippen LogP contribution in [0.5, 0.6) is 0 Å².